The van der Waals surface area contributed by atoms with Gasteiger partial charge in [-0.05, 0) is 37.1 Å². The van der Waals surface area contributed by atoms with Crippen LogP contribution in [0.3, 0.4) is 0 Å². The number of aliphatic hydroxyl groups excluding tert-OH is 1. The maximum Gasteiger partial charge on any atom is 0.129 e. The summed E-state index contributed by atoms with van der Waals surface area (Å²) in [6.45, 7) is 4.14. The van der Waals surface area contributed by atoms with Crippen molar-refractivity contribution in [3.05, 3.63) is 58.7 Å². The molecular formula is C18H20O3. The second-order valence-corrected chi connectivity index (χ2v) is 5.62. The van der Waals surface area contributed by atoms with Crippen LogP contribution in [0.2, 0.25) is 0 Å². The molecule has 0 fully saturated rings. The van der Waals surface area contributed by atoms with Crippen LogP contribution in [0.15, 0.2) is 36.4 Å². The fraction of sp³-hybridized carbons (Fsp3) is 0.333. The highest BCUT2D eigenvalue weighted by Crippen LogP contribution is 2.42. The summed E-state index contributed by atoms with van der Waals surface area (Å²) in [5, 5.41) is 10.4. The second-order valence-electron chi connectivity index (χ2n) is 5.62. The molecule has 0 aliphatic carbocycles. The molecule has 3 nitrogen and oxygen atoms in total. The van der Waals surface area contributed by atoms with Crippen LogP contribution in [0, 0.1) is 13.8 Å². The molecule has 1 heterocycles. The largest absolute Gasteiger partial charge is 0.497 e. The Morgan fingerprint density at radius 3 is 2.67 bits per heavy atom. The van der Waals surface area contributed by atoms with Crippen molar-refractivity contribution in [3.8, 4) is 11.5 Å². The van der Waals surface area contributed by atoms with Gasteiger partial charge in [-0.15, -0.1) is 0 Å². The molecule has 2 aromatic carbocycles. The van der Waals surface area contributed by atoms with E-state index in [0.717, 1.165) is 16.9 Å². The van der Waals surface area contributed by atoms with Gasteiger partial charge in [-0.2, -0.15) is 0 Å². The van der Waals surface area contributed by atoms with Gasteiger partial charge in [0.25, 0.3) is 0 Å². The van der Waals surface area contributed by atoms with E-state index < -0.39 is 6.10 Å². The maximum atomic E-state index is 10.4. The number of fused-ring (bicyclic) bond motifs is 1. The van der Waals surface area contributed by atoms with Gasteiger partial charge in [0, 0.05) is 18.1 Å². The first-order chi connectivity index (χ1) is 10.1. The Kier molecular flexibility index (Phi) is 3.60. The Hall–Kier alpha value is -2.00. The number of methoxy groups -OCH3 is 1. The van der Waals surface area contributed by atoms with Crippen LogP contribution in [0.5, 0.6) is 11.5 Å². The number of aryl methyl sites for hydroxylation is 2. The number of aliphatic hydroxyl groups is 1. The zero-order valence-electron chi connectivity index (χ0n) is 12.6. The second kappa shape index (κ2) is 5.41. The molecule has 3 rings (SSSR count). The third-order valence-electron chi connectivity index (χ3n) is 4.07. The van der Waals surface area contributed by atoms with Gasteiger partial charge in [-0.1, -0.05) is 23.8 Å². The average Bonchev–Trinajstić information content (AvgIpc) is 2.49. The highest BCUT2D eigenvalue weighted by atomic mass is 16.5. The van der Waals surface area contributed by atoms with Crippen molar-refractivity contribution < 1.29 is 14.6 Å². The van der Waals surface area contributed by atoms with Crippen molar-refractivity contribution in [2.24, 2.45) is 0 Å². The van der Waals surface area contributed by atoms with E-state index in [1.165, 1.54) is 11.1 Å². The van der Waals surface area contributed by atoms with Crippen molar-refractivity contribution in [3.63, 3.8) is 0 Å². The number of ether oxygens (including phenoxy) is 2. The molecule has 2 unspecified atom stereocenters. The van der Waals surface area contributed by atoms with Gasteiger partial charge in [0.2, 0.25) is 0 Å². The third kappa shape index (κ3) is 2.61. The summed E-state index contributed by atoms with van der Waals surface area (Å²) in [5.74, 6) is 1.45. The monoisotopic (exact) mass is 284 g/mol. The molecular weight excluding hydrogens is 264 g/mol. The van der Waals surface area contributed by atoms with Gasteiger partial charge >= 0.3 is 0 Å². The molecule has 0 aromatic heterocycles. The standard InChI is InChI=1S/C18H20O3/c1-11-4-5-12(2)15(8-11)18-10-16(19)14-7-6-13(20-3)9-17(14)21-18/h4-9,16,18-19H,10H2,1-3H3. The molecule has 0 amide bonds. The Labute approximate surface area is 125 Å². The SMILES string of the molecule is COc1ccc2c(c1)OC(c1cc(C)ccc1C)CC2O. The highest BCUT2D eigenvalue weighted by Gasteiger charge is 2.29. The molecule has 0 saturated carbocycles. The number of benzene rings is 2. The summed E-state index contributed by atoms with van der Waals surface area (Å²) in [6.07, 6.45) is -0.0621. The van der Waals surface area contributed by atoms with Gasteiger partial charge in [0.05, 0.1) is 13.2 Å². The molecule has 2 aromatic rings. The number of hydrogen-bond donors (Lipinski definition) is 1. The summed E-state index contributed by atoms with van der Waals surface area (Å²) < 4.78 is 11.4. The minimum absolute atomic E-state index is 0.125. The van der Waals surface area contributed by atoms with E-state index in [0.29, 0.717) is 12.2 Å². The van der Waals surface area contributed by atoms with Crippen molar-refractivity contribution in [2.75, 3.05) is 7.11 Å². The van der Waals surface area contributed by atoms with Crippen LogP contribution >= 0.6 is 0 Å². The molecule has 3 heteroatoms. The first kappa shape index (κ1) is 14.0. The van der Waals surface area contributed by atoms with Crippen LogP contribution < -0.4 is 9.47 Å². The molecule has 110 valence electrons. The van der Waals surface area contributed by atoms with Crippen LogP contribution in [-0.2, 0) is 0 Å². The first-order valence-corrected chi connectivity index (χ1v) is 7.18. The predicted molar refractivity (Wildman–Crippen MR) is 81.9 cm³/mol. The first-order valence-electron chi connectivity index (χ1n) is 7.18. The molecule has 2 atom stereocenters. The lowest BCUT2D eigenvalue weighted by atomic mass is 9.92. The van der Waals surface area contributed by atoms with Gasteiger partial charge in [-0.3, -0.25) is 0 Å². The molecule has 1 N–H and O–H groups in total. The van der Waals surface area contributed by atoms with Crippen LogP contribution in [0.4, 0.5) is 0 Å². The normalized spacial score (nSPS) is 20.6. The Morgan fingerprint density at radius 2 is 1.90 bits per heavy atom. The van der Waals surface area contributed by atoms with E-state index in [-0.39, 0.29) is 6.10 Å². The Bertz CT molecular complexity index is 664. The van der Waals surface area contributed by atoms with Gasteiger partial charge < -0.3 is 14.6 Å². The minimum atomic E-state index is -0.510. The summed E-state index contributed by atoms with van der Waals surface area (Å²) >= 11 is 0. The summed E-state index contributed by atoms with van der Waals surface area (Å²) in [5.41, 5.74) is 4.36. The van der Waals surface area contributed by atoms with Gasteiger partial charge in [0.1, 0.15) is 17.6 Å². The zero-order chi connectivity index (χ0) is 15.0. The summed E-state index contributed by atoms with van der Waals surface area (Å²) in [6, 6.07) is 11.9. The lowest BCUT2D eigenvalue weighted by molar-refractivity contribution is 0.0652. The van der Waals surface area contributed by atoms with E-state index in [4.69, 9.17) is 9.47 Å². The van der Waals surface area contributed by atoms with E-state index in [1.807, 2.05) is 18.2 Å². The van der Waals surface area contributed by atoms with Crippen molar-refractivity contribution in [1.82, 2.24) is 0 Å². The molecule has 0 spiro atoms. The van der Waals surface area contributed by atoms with Crippen LogP contribution in [0.25, 0.3) is 0 Å². The lowest BCUT2D eigenvalue weighted by Crippen LogP contribution is -2.20. The minimum Gasteiger partial charge on any atom is -0.497 e. The molecule has 1 aliphatic rings. The van der Waals surface area contributed by atoms with Crippen LogP contribution in [-0.4, -0.2) is 12.2 Å². The summed E-state index contributed by atoms with van der Waals surface area (Å²) in [4.78, 5) is 0. The van der Waals surface area contributed by atoms with Crippen molar-refractivity contribution in [2.45, 2.75) is 32.5 Å². The number of rotatable bonds is 2. The van der Waals surface area contributed by atoms with Crippen molar-refractivity contribution in [1.29, 1.82) is 0 Å². The third-order valence-corrected chi connectivity index (χ3v) is 4.07. The lowest BCUT2D eigenvalue weighted by Gasteiger charge is -2.31. The average molecular weight is 284 g/mol. The van der Waals surface area contributed by atoms with E-state index in [9.17, 15) is 5.11 Å². The quantitative estimate of drug-likeness (QED) is 0.910. The highest BCUT2D eigenvalue weighted by molar-refractivity contribution is 5.45. The molecule has 1 aliphatic heterocycles. The van der Waals surface area contributed by atoms with Crippen LogP contribution in [0.1, 0.15) is 40.9 Å². The molecule has 21 heavy (non-hydrogen) atoms. The van der Waals surface area contributed by atoms with Crippen molar-refractivity contribution >= 4 is 0 Å². The molecule has 0 saturated heterocycles. The van der Waals surface area contributed by atoms with Gasteiger partial charge in [-0.25, -0.2) is 0 Å². The number of hydrogen-bond acceptors (Lipinski definition) is 3. The predicted octanol–water partition coefficient (Wildman–Crippen LogP) is 3.87. The fourth-order valence-electron chi connectivity index (χ4n) is 2.85. The molecule has 0 bridgehead atoms. The van der Waals surface area contributed by atoms with Gasteiger partial charge in [0.15, 0.2) is 0 Å². The fourth-order valence-corrected chi connectivity index (χ4v) is 2.85. The zero-order valence-corrected chi connectivity index (χ0v) is 12.6. The Balaban J connectivity index is 1.98. The van der Waals surface area contributed by atoms with E-state index in [1.54, 1.807) is 7.11 Å². The molecule has 0 radical (unpaired) electrons. The maximum absolute atomic E-state index is 10.4. The van der Waals surface area contributed by atoms with E-state index >= 15 is 0 Å². The summed E-state index contributed by atoms with van der Waals surface area (Å²) in [7, 11) is 1.63. The van der Waals surface area contributed by atoms with E-state index in [2.05, 4.69) is 32.0 Å². The smallest absolute Gasteiger partial charge is 0.129 e. The topological polar surface area (TPSA) is 38.7 Å². The Morgan fingerprint density at radius 1 is 1.10 bits per heavy atom.